The molecule has 1 aliphatic rings. The van der Waals surface area contributed by atoms with Gasteiger partial charge in [-0.15, -0.1) is 24.0 Å². The number of morpholine rings is 1. The van der Waals surface area contributed by atoms with Gasteiger partial charge >= 0.3 is 6.09 Å². The molecule has 0 saturated carbocycles. The lowest BCUT2D eigenvalue weighted by atomic mass is 10.0. The predicted molar refractivity (Wildman–Crippen MR) is 125 cm³/mol. The van der Waals surface area contributed by atoms with Crippen LogP contribution in [0.15, 0.2) is 4.99 Å². The van der Waals surface area contributed by atoms with Crippen molar-refractivity contribution in [2.45, 2.75) is 52.7 Å². The Bertz CT molecular complexity index is 463. The molecule has 0 aromatic carbocycles. The van der Waals surface area contributed by atoms with E-state index in [1.807, 2.05) is 20.8 Å². The molecule has 1 heterocycles. The lowest BCUT2D eigenvalue weighted by Crippen LogP contribution is -2.51. The van der Waals surface area contributed by atoms with E-state index < -0.39 is 11.7 Å². The second-order valence-electron chi connectivity index (χ2n) is 8.24. The van der Waals surface area contributed by atoms with Gasteiger partial charge < -0.3 is 25.4 Å². The summed E-state index contributed by atoms with van der Waals surface area (Å²) < 4.78 is 10.7. The zero-order valence-corrected chi connectivity index (χ0v) is 20.7. The molecule has 9 heteroatoms. The lowest BCUT2D eigenvalue weighted by Gasteiger charge is -2.35. The van der Waals surface area contributed by atoms with Crippen molar-refractivity contribution in [3.8, 4) is 0 Å². The number of aliphatic imine (C=N–C) groups is 1. The minimum atomic E-state index is -0.486. The number of nitrogens with zero attached hydrogens (tertiary/aromatic N) is 2. The Morgan fingerprint density at radius 3 is 2.29 bits per heavy atom. The molecule has 0 spiro atoms. The van der Waals surface area contributed by atoms with Gasteiger partial charge in [0.1, 0.15) is 5.60 Å². The van der Waals surface area contributed by atoms with Crippen LogP contribution >= 0.6 is 24.0 Å². The summed E-state index contributed by atoms with van der Waals surface area (Å²) >= 11 is 0. The molecule has 8 nitrogen and oxygen atoms in total. The second-order valence-corrected chi connectivity index (χ2v) is 8.24. The number of hydrogen-bond acceptors (Lipinski definition) is 5. The molecule has 0 aromatic heterocycles. The third kappa shape index (κ3) is 12.6. The van der Waals surface area contributed by atoms with Crippen LogP contribution in [0.3, 0.4) is 0 Å². The average Bonchev–Trinajstić information content (AvgIpc) is 2.59. The molecule has 1 fully saturated rings. The summed E-state index contributed by atoms with van der Waals surface area (Å²) in [5.41, 5.74) is -0.486. The molecule has 1 saturated heterocycles. The van der Waals surface area contributed by atoms with Crippen molar-refractivity contribution >= 4 is 36.0 Å². The summed E-state index contributed by atoms with van der Waals surface area (Å²) in [4.78, 5) is 18.4. The normalized spacial score (nSPS) is 16.9. The zero-order valence-electron chi connectivity index (χ0n) is 18.3. The Kier molecular flexibility index (Phi) is 13.8. The maximum Gasteiger partial charge on any atom is 0.407 e. The first-order valence-corrected chi connectivity index (χ1v) is 9.94. The molecule has 28 heavy (non-hydrogen) atoms. The van der Waals surface area contributed by atoms with Crippen molar-refractivity contribution < 1.29 is 14.3 Å². The first kappa shape index (κ1) is 27.2. The smallest absolute Gasteiger partial charge is 0.407 e. The van der Waals surface area contributed by atoms with Gasteiger partial charge in [-0.05, 0) is 33.1 Å². The van der Waals surface area contributed by atoms with Crippen LogP contribution in [-0.2, 0) is 9.47 Å². The topological polar surface area (TPSA) is 87.2 Å². The van der Waals surface area contributed by atoms with E-state index in [-0.39, 0.29) is 24.0 Å². The Labute approximate surface area is 187 Å². The fourth-order valence-corrected chi connectivity index (χ4v) is 2.94. The van der Waals surface area contributed by atoms with Gasteiger partial charge in [-0.25, -0.2) is 4.79 Å². The summed E-state index contributed by atoms with van der Waals surface area (Å²) in [5, 5.41) is 9.37. The minimum Gasteiger partial charge on any atom is -0.444 e. The molecule has 1 amide bonds. The first-order chi connectivity index (χ1) is 12.7. The number of carbonyl (C=O) groups is 1. The molecule has 3 N–H and O–H groups in total. The third-order valence-corrected chi connectivity index (χ3v) is 4.12. The highest BCUT2D eigenvalue weighted by Gasteiger charge is 2.22. The van der Waals surface area contributed by atoms with Gasteiger partial charge in [-0.1, -0.05) is 13.8 Å². The highest BCUT2D eigenvalue weighted by Crippen LogP contribution is 2.13. The summed E-state index contributed by atoms with van der Waals surface area (Å²) in [6.07, 6.45) is 0.723. The van der Waals surface area contributed by atoms with Crippen LogP contribution < -0.4 is 16.0 Å². The Morgan fingerprint density at radius 1 is 1.14 bits per heavy atom. The predicted octanol–water partition coefficient (Wildman–Crippen LogP) is 2.04. The van der Waals surface area contributed by atoms with Gasteiger partial charge in [0.2, 0.25) is 0 Å². The molecule has 1 unspecified atom stereocenters. The van der Waals surface area contributed by atoms with Crippen LogP contribution in [0.25, 0.3) is 0 Å². The van der Waals surface area contributed by atoms with Gasteiger partial charge in [0.15, 0.2) is 5.96 Å². The van der Waals surface area contributed by atoms with Crippen LogP contribution in [0, 0.1) is 5.92 Å². The number of ether oxygens (including phenoxy) is 2. The molecule has 0 bridgehead atoms. The van der Waals surface area contributed by atoms with Gasteiger partial charge in [0.05, 0.1) is 13.2 Å². The monoisotopic (exact) mass is 513 g/mol. The molecule has 1 aliphatic heterocycles. The van der Waals surface area contributed by atoms with E-state index >= 15 is 0 Å². The molecule has 166 valence electrons. The van der Waals surface area contributed by atoms with Crippen molar-refractivity contribution in [2.75, 3.05) is 53.0 Å². The largest absolute Gasteiger partial charge is 0.444 e. The molecule has 0 radical (unpaired) electrons. The summed E-state index contributed by atoms with van der Waals surface area (Å²) in [6.45, 7) is 15.5. The lowest BCUT2D eigenvalue weighted by molar-refractivity contribution is 0.0132. The summed E-state index contributed by atoms with van der Waals surface area (Å²) in [6, 6.07) is 0.451. The van der Waals surface area contributed by atoms with Crippen LogP contribution in [0.4, 0.5) is 4.79 Å². The standard InChI is InChI=1S/C19H39N5O3.HI/c1-15(2)13-16(24-9-11-26-12-10-24)14-23-17(20-6)21-7-8-22-18(25)27-19(3,4)5;/h15-16H,7-14H2,1-6H3,(H,22,25)(H2,20,21,23);1H. The zero-order chi connectivity index (χ0) is 20.3. The molecular weight excluding hydrogens is 473 g/mol. The molecule has 1 rings (SSSR count). The number of halogens is 1. The van der Waals surface area contributed by atoms with Crippen LogP contribution in [0.2, 0.25) is 0 Å². The molecule has 0 aliphatic carbocycles. The summed E-state index contributed by atoms with van der Waals surface area (Å²) in [5.74, 6) is 1.37. The fourth-order valence-electron chi connectivity index (χ4n) is 2.94. The number of guanidine groups is 1. The average molecular weight is 513 g/mol. The van der Waals surface area contributed by atoms with E-state index in [4.69, 9.17) is 9.47 Å². The van der Waals surface area contributed by atoms with Crippen molar-refractivity contribution in [3.05, 3.63) is 0 Å². The van der Waals surface area contributed by atoms with Gasteiger partial charge in [-0.3, -0.25) is 9.89 Å². The Hall–Kier alpha value is -0.810. The fraction of sp³-hybridized carbons (Fsp3) is 0.895. The number of hydrogen-bond donors (Lipinski definition) is 3. The van der Waals surface area contributed by atoms with E-state index in [2.05, 4.69) is 39.7 Å². The number of nitrogens with one attached hydrogen (secondary N) is 3. The van der Waals surface area contributed by atoms with E-state index in [0.29, 0.717) is 25.0 Å². The van der Waals surface area contributed by atoms with Gasteiger partial charge in [0, 0.05) is 45.8 Å². The third-order valence-electron chi connectivity index (χ3n) is 4.12. The van der Waals surface area contributed by atoms with Crippen LogP contribution in [0.1, 0.15) is 41.0 Å². The van der Waals surface area contributed by atoms with Gasteiger partial charge in [-0.2, -0.15) is 0 Å². The Balaban J connectivity index is 0.00000729. The molecular formula is C19H40IN5O3. The van der Waals surface area contributed by atoms with E-state index in [1.165, 1.54) is 0 Å². The van der Waals surface area contributed by atoms with Gasteiger partial charge in [0.25, 0.3) is 0 Å². The van der Waals surface area contributed by atoms with Crippen molar-refractivity contribution in [1.29, 1.82) is 0 Å². The highest BCUT2D eigenvalue weighted by molar-refractivity contribution is 14.0. The second kappa shape index (κ2) is 14.2. The number of rotatable bonds is 8. The van der Waals surface area contributed by atoms with E-state index in [9.17, 15) is 4.79 Å². The number of carbonyl (C=O) groups excluding carboxylic acids is 1. The van der Waals surface area contributed by atoms with Crippen molar-refractivity contribution in [3.63, 3.8) is 0 Å². The number of alkyl carbamates (subject to hydrolysis) is 1. The van der Waals surface area contributed by atoms with E-state index in [1.54, 1.807) is 7.05 Å². The highest BCUT2D eigenvalue weighted by atomic mass is 127. The minimum absolute atomic E-state index is 0. The van der Waals surface area contributed by atoms with Crippen molar-refractivity contribution in [1.82, 2.24) is 20.9 Å². The first-order valence-electron chi connectivity index (χ1n) is 9.94. The van der Waals surface area contributed by atoms with Crippen LogP contribution in [0.5, 0.6) is 0 Å². The van der Waals surface area contributed by atoms with E-state index in [0.717, 1.165) is 45.2 Å². The van der Waals surface area contributed by atoms with Crippen LogP contribution in [-0.4, -0.2) is 81.6 Å². The number of amides is 1. The Morgan fingerprint density at radius 2 is 1.75 bits per heavy atom. The SMILES string of the molecule is CN=C(NCCNC(=O)OC(C)(C)C)NCC(CC(C)C)N1CCOCC1.I. The van der Waals surface area contributed by atoms with Crippen molar-refractivity contribution in [2.24, 2.45) is 10.9 Å². The molecule has 0 aromatic rings. The maximum atomic E-state index is 11.6. The molecule has 1 atom stereocenters. The quantitative estimate of drug-likeness (QED) is 0.199. The summed E-state index contributed by atoms with van der Waals surface area (Å²) in [7, 11) is 1.75. The maximum absolute atomic E-state index is 11.6.